The fourth-order valence-electron chi connectivity index (χ4n) is 2.61. The number of nitrogens with one attached hydrogen (secondary N) is 1. The number of piperidine rings is 1. The largest absolute Gasteiger partial charge is 0.310 e. The van der Waals surface area contributed by atoms with Crippen LogP contribution < -0.4 is 5.32 Å². The lowest BCUT2D eigenvalue weighted by Crippen LogP contribution is -2.42. The van der Waals surface area contributed by atoms with Crippen molar-refractivity contribution in [2.75, 3.05) is 19.6 Å². The number of halogens is 2. The molecule has 0 atom stereocenters. The number of hydrogen-bond donors (Lipinski definition) is 1. The Morgan fingerprint density at radius 2 is 2.11 bits per heavy atom. The minimum absolute atomic E-state index is 0.223. The van der Waals surface area contributed by atoms with Gasteiger partial charge in [-0.1, -0.05) is 18.5 Å². The number of likely N-dealkylation sites (tertiary alicyclic amines) is 1. The molecule has 0 unspecified atom stereocenters. The summed E-state index contributed by atoms with van der Waals surface area (Å²) in [6.45, 7) is 6.37. The number of hydrogen-bond acceptors (Lipinski definition) is 2. The number of nitrogens with zero attached hydrogens (tertiary/aromatic N) is 1. The summed E-state index contributed by atoms with van der Waals surface area (Å²) in [7, 11) is 0. The van der Waals surface area contributed by atoms with Gasteiger partial charge in [-0.15, -0.1) is 0 Å². The van der Waals surface area contributed by atoms with Crippen LogP contribution in [0.15, 0.2) is 18.2 Å². The molecule has 1 aromatic rings. The van der Waals surface area contributed by atoms with Crippen LogP contribution in [0.25, 0.3) is 0 Å². The van der Waals surface area contributed by atoms with Gasteiger partial charge in [-0.2, -0.15) is 0 Å². The van der Waals surface area contributed by atoms with Gasteiger partial charge in [0, 0.05) is 17.6 Å². The molecule has 0 saturated carbocycles. The summed E-state index contributed by atoms with van der Waals surface area (Å²) in [5.74, 6) is -0.223. The normalized spacial score (nSPS) is 17.8. The van der Waals surface area contributed by atoms with Crippen LogP contribution in [-0.4, -0.2) is 30.6 Å². The molecule has 1 saturated heterocycles. The van der Waals surface area contributed by atoms with Crippen LogP contribution in [0.1, 0.15) is 31.7 Å². The van der Waals surface area contributed by atoms with E-state index in [0.717, 1.165) is 31.5 Å². The standard InChI is InChI=1S/C15H22ClFN2/c1-2-7-19-8-5-14(6-9-19)18-11-12-10-13(17)3-4-15(12)16/h3-4,10,14,18H,2,5-9,11H2,1H3. The molecular formula is C15H22ClFN2. The van der Waals surface area contributed by atoms with E-state index >= 15 is 0 Å². The SMILES string of the molecule is CCCN1CCC(NCc2cc(F)ccc2Cl)CC1. The monoisotopic (exact) mass is 284 g/mol. The fraction of sp³-hybridized carbons (Fsp3) is 0.600. The maximum atomic E-state index is 13.2. The van der Waals surface area contributed by atoms with Crippen molar-refractivity contribution >= 4 is 11.6 Å². The van der Waals surface area contributed by atoms with Crippen molar-refractivity contribution in [3.63, 3.8) is 0 Å². The molecule has 0 aliphatic carbocycles. The Kier molecular flexibility index (Phi) is 5.61. The predicted octanol–water partition coefficient (Wildman–Crippen LogP) is 3.44. The molecule has 1 aromatic carbocycles. The minimum atomic E-state index is -0.223. The second-order valence-electron chi connectivity index (χ2n) is 5.23. The van der Waals surface area contributed by atoms with E-state index in [-0.39, 0.29) is 5.82 Å². The van der Waals surface area contributed by atoms with E-state index in [4.69, 9.17) is 11.6 Å². The van der Waals surface area contributed by atoms with Gasteiger partial charge >= 0.3 is 0 Å². The van der Waals surface area contributed by atoms with Gasteiger partial charge in [0.2, 0.25) is 0 Å². The zero-order valence-electron chi connectivity index (χ0n) is 11.5. The maximum absolute atomic E-state index is 13.2. The lowest BCUT2D eigenvalue weighted by Gasteiger charge is -2.32. The first kappa shape index (κ1) is 14.8. The fourth-order valence-corrected chi connectivity index (χ4v) is 2.79. The molecule has 106 valence electrons. The number of benzene rings is 1. The van der Waals surface area contributed by atoms with Crippen LogP contribution in [0.2, 0.25) is 5.02 Å². The predicted molar refractivity (Wildman–Crippen MR) is 78.0 cm³/mol. The molecule has 1 fully saturated rings. The Morgan fingerprint density at radius 1 is 1.37 bits per heavy atom. The maximum Gasteiger partial charge on any atom is 0.123 e. The van der Waals surface area contributed by atoms with Gasteiger partial charge < -0.3 is 10.2 Å². The molecule has 1 aliphatic heterocycles. The van der Waals surface area contributed by atoms with Crippen molar-refractivity contribution in [2.45, 2.75) is 38.8 Å². The van der Waals surface area contributed by atoms with Gasteiger partial charge in [0.1, 0.15) is 5.82 Å². The van der Waals surface area contributed by atoms with E-state index in [0.29, 0.717) is 17.6 Å². The second-order valence-corrected chi connectivity index (χ2v) is 5.64. The molecule has 2 rings (SSSR count). The van der Waals surface area contributed by atoms with E-state index in [1.807, 2.05) is 0 Å². The summed E-state index contributed by atoms with van der Waals surface area (Å²) >= 11 is 6.06. The summed E-state index contributed by atoms with van der Waals surface area (Å²) in [6.07, 6.45) is 3.54. The second kappa shape index (κ2) is 7.22. The molecule has 0 aromatic heterocycles. The first-order valence-electron chi connectivity index (χ1n) is 7.08. The molecule has 2 nitrogen and oxygen atoms in total. The summed E-state index contributed by atoms with van der Waals surface area (Å²) in [5, 5.41) is 4.13. The van der Waals surface area contributed by atoms with Crippen LogP contribution in [0.5, 0.6) is 0 Å². The van der Waals surface area contributed by atoms with Crippen LogP contribution in [0, 0.1) is 5.82 Å². The first-order chi connectivity index (χ1) is 9.19. The molecule has 0 bridgehead atoms. The Bertz CT molecular complexity index is 403. The minimum Gasteiger partial charge on any atom is -0.310 e. The van der Waals surface area contributed by atoms with Gasteiger partial charge in [0.15, 0.2) is 0 Å². The van der Waals surface area contributed by atoms with Crippen molar-refractivity contribution in [2.24, 2.45) is 0 Å². The molecule has 19 heavy (non-hydrogen) atoms. The van der Waals surface area contributed by atoms with Crippen LogP contribution in [-0.2, 0) is 6.54 Å². The third kappa shape index (κ3) is 4.44. The smallest absolute Gasteiger partial charge is 0.123 e. The van der Waals surface area contributed by atoms with Gasteiger partial charge in [-0.25, -0.2) is 4.39 Å². The van der Waals surface area contributed by atoms with Crippen molar-refractivity contribution in [3.8, 4) is 0 Å². The van der Waals surface area contributed by atoms with Gasteiger partial charge in [-0.3, -0.25) is 0 Å². The third-order valence-electron chi connectivity index (χ3n) is 3.72. The molecule has 4 heteroatoms. The van der Waals surface area contributed by atoms with E-state index in [2.05, 4.69) is 17.1 Å². The van der Waals surface area contributed by atoms with E-state index in [9.17, 15) is 4.39 Å². The molecule has 1 heterocycles. The van der Waals surface area contributed by atoms with Crippen molar-refractivity contribution in [1.82, 2.24) is 10.2 Å². The zero-order valence-corrected chi connectivity index (χ0v) is 12.2. The molecule has 1 aliphatic rings. The molecular weight excluding hydrogens is 263 g/mol. The highest BCUT2D eigenvalue weighted by Gasteiger charge is 2.18. The van der Waals surface area contributed by atoms with E-state index in [1.54, 1.807) is 6.07 Å². The van der Waals surface area contributed by atoms with E-state index < -0.39 is 0 Å². The van der Waals surface area contributed by atoms with Crippen molar-refractivity contribution in [1.29, 1.82) is 0 Å². The summed E-state index contributed by atoms with van der Waals surface area (Å²) < 4.78 is 13.2. The lowest BCUT2D eigenvalue weighted by molar-refractivity contribution is 0.197. The molecule has 0 spiro atoms. The Balaban J connectivity index is 1.79. The molecule has 0 radical (unpaired) electrons. The van der Waals surface area contributed by atoms with Gasteiger partial charge in [0.25, 0.3) is 0 Å². The van der Waals surface area contributed by atoms with Gasteiger partial charge in [-0.05, 0) is 62.7 Å². The molecule has 1 N–H and O–H groups in total. The Hall–Kier alpha value is -0.640. The highest BCUT2D eigenvalue weighted by atomic mass is 35.5. The van der Waals surface area contributed by atoms with Crippen LogP contribution in [0.3, 0.4) is 0 Å². The average Bonchev–Trinajstić information content (AvgIpc) is 2.42. The Labute approximate surface area is 119 Å². The third-order valence-corrected chi connectivity index (χ3v) is 4.09. The van der Waals surface area contributed by atoms with Gasteiger partial charge in [0.05, 0.1) is 0 Å². The van der Waals surface area contributed by atoms with Crippen LogP contribution in [0.4, 0.5) is 4.39 Å². The Morgan fingerprint density at radius 3 is 2.79 bits per heavy atom. The summed E-state index contributed by atoms with van der Waals surface area (Å²) in [5.41, 5.74) is 0.845. The zero-order chi connectivity index (χ0) is 13.7. The lowest BCUT2D eigenvalue weighted by atomic mass is 10.0. The van der Waals surface area contributed by atoms with Crippen molar-refractivity contribution in [3.05, 3.63) is 34.6 Å². The average molecular weight is 285 g/mol. The highest BCUT2D eigenvalue weighted by Crippen LogP contribution is 2.18. The van der Waals surface area contributed by atoms with E-state index in [1.165, 1.54) is 25.1 Å². The summed E-state index contributed by atoms with van der Waals surface area (Å²) in [6, 6.07) is 5.06. The molecule has 0 amide bonds. The summed E-state index contributed by atoms with van der Waals surface area (Å²) in [4.78, 5) is 2.51. The topological polar surface area (TPSA) is 15.3 Å². The first-order valence-corrected chi connectivity index (χ1v) is 7.46. The number of rotatable bonds is 5. The van der Waals surface area contributed by atoms with Crippen LogP contribution >= 0.6 is 11.6 Å². The van der Waals surface area contributed by atoms with Crippen molar-refractivity contribution < 1.29 is 4.39 Å². The quantitative estimate of drug-likeness (QED) is 0.891. The highest BCUT2D eigenvalue weighted by molar-refractivity contribution is 6.31.